The Morgan fingerprint density at radius 1 is 1.10 bits per heavy atom. The molecule has 0 unspecified atom stereocenters. The van der Waals surface area contributed by atoms with E-state index in [2.05, 4.69) is 12.2 Å². The smallest absolute Gasteiger partial charge is 0.0806 e. The molecular formula is C17H33NO2. The molecule has 2 rings (SSSR count). The second-order valence-electron chi connectivity index (χ2n) is 6.77. The van der Waals surface area contributed by atoms with Crippen molar-refractivity contribution in [2.45, 2.75) is 76.4 Å². The molecule has 3 nitrogen and oxygen atoms in total. The first-order chi connectivity index (χ1) is 9.78. The van der Waals surface area contributed by atoms with E-state index >= 15 is 0 Å². The van der Waals surface area contributed by atoms with Crippen LogP contribution in [-0.4, -0.2) is 38.5 Å². The standard InChI is InChI=1S/C17H33NO2/c1-3-5-15-8-10-17(11-9-15,14-18-16-6-7-16)20-13-4-12-19-2/h15-16,18H,3-14H2,1-2H3. The zero-order valence-corrected chi connectivity index (χ0v) is 13.5. The molecule has 0 aromatic heterocycles. The number of nitrogens with one attached hydrogen (secondary N) is 1. The van der Waals surface area contributed by atoms with E-state index in [4.69, 9.17) is 9.47 Å². The van der Waals surface area contributed by atoms with Gasteiger partial charge >= 0.3 is 0 Å². The van der Waals surface area contributed by atoms with Crippen molar-refractivity contribution in [1.29, 1.82) is 0 Å². The number of hydrogen-bond donors (Lipinski definition) is 1. The average Bonchev–Trinajstić information content (AvgIpc) is 3.29. The molecule has 0 bridgehead atoms. The predicted octanol–water partition coefficient (Wildman–Crippen LogP) is 3.52. The summed E-state index contributed by atoms with van der Waals surface area (Å²) in [5, 5.41) is 3.70. The van der Waals surface area contributed by atoms with E-state index in [0.29, 0.717) is 0 Å². The van der Waals surface area contributed by atoms with Crippen LogP contribution in [0.1, 0.15) is 64.7 Å². The van der Waals surface area contributed by atoms with Crippen LogP contribution in [0.25, 0.3) is 0 Å². The van der Waals surface area contributed by atoms with Crippen LogP contribution in [0.5, 0.6) is 0 Å². The molecule has 0 heterocycles. The van der Waals surface area contributed by atoms with E-state index in [1.165, 1.54) is 51.4 Å². The van der Waals surface area contributed by atoms with Gasteiger partial charge in [0.15, 0.2) is 0 Å². The van der Waals surface area contributed by atoms with Crippen molar-refractivity contribution >= 4 is 0 Å². The first-order valence-corrected chi connectivity index (χ1v) is 8.64. The molecule has 0 saturated heterocycles. The Labute approximate surface area is 124 Å². The fourth-order valence-corrected chi connectivity index (χ4v) is 3.38. The predicted molar refractivity (Wildman–Crippen MR) is 83.1 cm³/mol. The van der Waals surface area contributed by atoms with Gasteiger partial charge in [-0.15, -0.1) is 0 Å². The van der Waals surface area contributed by atoms with Crippen LogP contribution in [-0.2, 0) is 9.47 Å². The van der Waals surface area contributed by atoms with Gasteiger partial charge in [0.05, 0.1) is 5.60 Å². The molecule has 0 radical (unpaired) electrons. The Morgan fingerprint density at radius 3 is 2.45 bits per heavy atom. The Bertz CT molecular complexity index is 252. The lowest BCUT2D eigenvalue weighted by atomic mass is 9.77. The first kappa shape index (κ1) is 16.3. The normalized spacial score (nSPS) is 30.6. The molecule has 1 N–H and O–H groups in total. The Kier molecular flexibility index (Phi) is 6.79. The van der Waals surface area contributed by atoms with Crippen molar-refractivity contribution in [1.82, 2.24) is 5.32 Å². The van der Waals surface area contributed by atoms with Crippen molar-refractivity contribution < 1.29 is 9.47 Å². The maximum absolute atomic E-state index is 6.33. The minimum Gasteiger partial charge on any atom is -0.385 e. The van der Waals surface area contributed by atoms with Gasteiger partial charge in [0.25, 0.3) is 0 Å². The summed E-state index contributed by atoms with van der Waals surface area (Å²) in [4.78, 5) is 0. The highest BCUT2D eigenvalue weighted by atomic mass is 16.5. The van der Waals surface area contributed by atoms with Gasteiger partial charge in [-0.3, -0.25) is 0 Å². The van der Waals surface area contributed by atoms with Crippen LogP contribution in [0.15, 0.2) is 0 Å². The summed E-state index contributed by atoms with van der Waals surface area (Å²) in [5.74, 6) is 0.941. The SMILES string of the molecule is CCCC1CCC(CNC2CC2)(OCCCOC)CC1. The molecule has 2 aliphatic carbocycles. The summed E-state index contributed by atoms with van der Waals surface area (Å²) in [7, 11) is 1.76. The Hall–Kier alpha value is -0.120. The third-order valence-electron chi connectivity index (χ3n) is 4.90. The van der Waals surface area contributed by atoms with Gasteiger partial charge < -0.3 is 14.8 Å². The van der Waals surface area contributed by atoms with Gasteiger partial charge in [-0.25, -0.2) is 0 Å². The minimum absolute atomic E-state index is 0.112. The summed E-state index contributed by atoms with van der Waals surface area (Å²) in [5.41, 5.74) is 0.112. The summed E-state index contributed by atoms with van der Waals surface area (Å²) in [6, 6.07) is 0.780. The fraction of sp³-hybridized carbons (Fsp3) is 1.00. The molecule has 0 aromatic rings. The lowest BCUT2D eigenvalue weighted by Crippen LogP contribution is -2.46. The molecule has 2 saturated carbocycles. The van der Waals surface area contributed by atoms with E-state index in [1.807, 2.05) is 0 Å². The lowest BCUT2D eigenvalue weighted by Gasteiger charge is -2.40. The average molecular weight is 283 g/mol. The second-order valence-corrected chi connectivity index (χ2v) is 6.77. The highest BCUT2D eigenvalue weighted by molar-refractivity contribution is 4.92. The van der Waals surface area contributed by atoms with Crippen molar-refractivity contribution in [3.63, 3.8) is 0 Å². The third-order valence-corrected chi connectivity index (χ3v) is 4.90. The summed E-state index contributed by atoms with van der Waals surface area (Å²) in [6.07, 6.45) is 11.6. The molecule has 3 heteroatoms. The fourth-order valence-electron chi connectivity index (χ4n) is 3.38. The second kappa shape index (κ2) is 8.35. The lowest BCUT2D eigenvalue weighted by molar-refractivity contribution is -0.0810. The molecule has 0 atom stereocenters. The van der Waals surface area contributed by atoms with E-state index < -0.39 is 0 Å². The first-order valence-electron chi connectivity index (χ1n) is 8.64. The Balaban J connectivity index is 1.77. The molecule has 0 amide bonds. The number of rotatable bonds is 10. The van der Waals surface area contributed by atoms with Crippen LogP contribution in [0.3, 0.4) is 0 Å². The van der Waals surface area contributed by atoms with Gasteiger partial charge in [0.1, 0.15) is 0 Å². The maximum atomic E-state index is 6.33. The molecule has 20 heavy (non-hydrogen) atoms. The molecule has 118 valence electrons. The summed E-state index contributed by atoms with van der Waals surface area (Å²) >= 11 is 0. The third kappa shape index (κ3) is 5.34. The van der Waals surface area contributed by atoms with Gasteiger partial charge in [0, 0.05) is 32.9 Å². The molecular weight excluding hydrogens is 250 g/mol. The van der Waals surface area contributed by atoms with Crippen LogP contribution in [0, 0.1) is 5.92 Å². The van der Waals surface area contributed by atoms with Gasteiger partial charge in [-0.1, -0.05) is 19.8 Å². The van der Waals surface area contributed by atoms with E-state index in [1.54, 1.807) is 7.11 Å². The zero-order valence-electron chi connectivity index (χ0n) is 13.5. The molecule has 0 spiro atoms. The maximum Gasteiger partial charge on any atom is 0.0806 e. The van der Waals surface area contributed by atoms with Crippen LogP contribution < -0.4 is 5.32 Å². The summed E-state index contributed by atoms with van der Waals surface area (Å²) < 4.78 is 11.5. The molecule has 0 aliphatic heterocycles. The highest BCUT2D eigenvalue weighted by Gasteiger charge is 2.37. The quantitative estimate of drug-likeness (QED) is 0.622. The van der Waals surface area contributed by atoms with Gasteiger partial charge in [-0.05, 0) is 50.9 Å². The molecule has 2 fully saturated rings. The summed E-state index contributed by atoms with van der Waals surface area (Å²) in [6.45, 7) is 5.02. The Morgan fingerprint density at radius 2 is 1.85 bits per heavy atom. The monoisotopic (exact) mass is 283 g/mol. The topological polar surface area (TPSA) is 30.5 Å². The van der Waals surface area contributed by atoms with Crippen molar-refractivity contribution in [3.8, 4) is 0 Å². The molecule has 2 aliphatic rings. The van der Waals surface area contributed by atoms with Crippen molar-refractivity contribution in [2.75, 3.05) is 26.9 Å². The van der Waals surface area contributed by atoms with Crippen LogP contribution in [0.4, 0.5) is 0 Å². The van der Waals surface area contributed by atoms with Crippen LogP contribution >= 0.6 is 0 Å². The van der Waals surface area contributed by atoms with E-state index in [9.17, 15) is 0 Å². The van der Waals surface area contributed by atoms with Gasteiger partial charge in [-0.2, -0.15) is 0 Å². The largest absolute Gasteiger partial charge is 0.385 e. The van der Waals surface area contributed by atoms with E-state index in [-0.39, 0.29) is 5.60 Å². The van der Waals surface area contributed by atoms with Gasteiger partial charge in [0.2, 0.25) is 0 Å². The highest BCUT2D eigenvalue weighted by Crippen LogP contribution is 2.37. The van der Waals surface area contributed by atoms with Crippen LogP contribution in [0.2, 0.25) is 0 Å². The number of hydrogen-bond acceptors (Lipinski definition) is 3. The number of methoxy groups -OCH3 is 1. The van der Waals surface area contributed by atoms with Crippen molar-refractivity contribution in [3.05, 3.63) is 0 Å². The minimum atomic E-state index is 0.112. The van der Waals surface area contributed by atoms with E-state index in [0.717, 1.165) is 38.1 Å². The molecule has 0 aromatic carbocycles. The number of ether oxygens (including phenoxy) is 2. The van der Waals surface area contributed by atoms with Crippen molar-refractivity contribution in [2.24, 2.45) is 5.92 Å². The zero-order chi connectivity index (χ0) is 14.3.